The van der Waals surface area contributed by atoms with E-state index in [4.69, 9.17) is 16.9 Å². The summed E-state index contributed by atoms with van der Waals surface area (Å²) in [6.07, 6.45) is -0.647. The van der Waals surface area contributed by atoms with Crippen LogP contribution in [0.2, 0.25) is 5.02 Å². The summed E-state index contributed by atoms with van der Waals surface area (Å²) in [6.45, 7) is 0. The lowest BCUT2D eigenvalue weighted by Gasteiger charge is -2.06. The number of nitrogens with zero attached hydrogens (tertiary/aromatic N) is 3. The standard InChI is InChI=1S/C11H10ClN3O2/c1-15(2)11(16)17-14-10(7-13)8-3-5-9(12)6-4-8/h3-6H,1-2H3. The van der Waals surface area contributed by atoms with E-state index in [9.17, 15) is 4.79 Å². The number of rotatable bonds is 2. The Labute approximate surface area is 104 Å². The highest BCUT2D eigenvalue weighted by molar-refractivity contribution is 6.30. The Hall–Kier alpha value is -2.06. The number of hydrogen-bond acceptors (Lipinski definition) is 4. The summed E-state index contributed by atoms with van der Waals surface area (Å²) in [6, 6.07) is 8.33. The predicted molar refractivity (Wildman–Crippen MR) is 63.8 cm³/mol. The van der Waals surface area contributed by atoms with Crippen LogP contribution in [0.25, 0.3) is 0 Å². The van der Waals surface area contributed by atoms with E-state index in [1.54, 1.807) is 24.3 Å². The molecule has 0 atom stereocenters. The molecule has 1 aromatic rings. The number of oxime groups is 1. The number of carbonyl (C=O) groups excluding carboxylic acids is 1. The molecule has 0 spiro atoms. The Kier molecular flexibility index (Phi) is 4.49. The molecule has 0 aliphatic heterocycles. The topological polar surface area (TPSA) is 65.7 Å². The van der Waals surface area contributed by atoms with Crippen molar-refractivity contribution in [1.29, 1.82) is 5.26 Å². The van der Waals surface area contributed by atoms with Gasteiger partial charge in [-0.3, -0.25) is 4.84 Å². The van der Waals surface area contributed by atoms with E-state index in [0.29, 0.717) is 10.6 Å². The first kappa shape index (κ1) is 13.0. The zero-order chi connectivity index (χ0) is 12.8. The maximum absolute atomic E-state index is 11.1. The monoisotopic (exact) mass is 251 g/mol. The molecule has 0 aliphatic carbocycles. The van der Waals surface area contributed by atoms with Crippen molar-refractivity contribution in [3.63, 3.8) is 0 Å². The minimum absolute atomic E-state index is 0.0110. The van der Waals surface area contributed by atoms with Crippen molar-refractivity contribution in [2.45, 2.75) is 0 Å². The lowest BCUT2D eigenvalue weighted by molar-refractivity contribution is 0.122. The lowest BCUT2D eigenvalue weighted by atomic mass is 10.1. The second kappa shape index (κ2) is 5.87. The largest absolute Gasteiger partial charge is 0.435 e. The highest BCUT2D eigenvalue weighted by atomic mass is 35.5. The fraction of sp³-hybridized carbons (Fsp3) is 0.182. The Morgan fingerprint density at radius 1 is 1.41 bits per heavy atom. The maximum Gasteiger partial charge on any atom is 0.435 e. The number of amides is 1. The molecule has 0 N–H and O–H groups in total. The van der Waals surface area contributed by atoms with Gasteiger partial charge in [-0.1, -0.05) is 28.9 Å². The average molecular weight is 252 g/mol. The number of benzene rings is 1. The highest BCUT2D eigenvalue weighted by Gasteiger charge is 2.07. The van der Waals surface area contributed by atoms with Crippen LogP contribution in [-0.4, -0.2) is 30.8 Å². The van der Waals surface area contributed by atoms with Gasteiger partial charge in [-0.05, 0) is 12.1 Å². The third kappa shape index (κ3) is 3.78. The molecule has 6 heteroatoms. The van der Waals surface area contributed by atoms with Crippen molar-refractivity contribution in [1.82, 2.24) is 4.90 Å². The molecule has 0 aliphatic rings. The first-order chi connectivity index (χ1) is 8.04. The molecule has 0 saturated heterocycles. The summed E-state index contributed by atoms with van der Waals surface area (Å²) < 4.78 is 0. The van der Waals surface area contributed by atoms with Crippen LogP contribution >= 0.6 is 11.6 Å². The number of hydrogen-bond donors (Lipinski definition) is 0. The molecule has 0 saturated carbocycles. The first-order valence-electron chi connectivity index (χ1n) is 4.67. The van der Waals surface area contributed by atoms with Gasteiger partial charge in [0.15, 0.2) is 5.71 Å². The quantitative estimate of drug-likeness (QED) is 0.460. The van der Waals surface area contributed by atoms with Crippen LogP contribution < -0.4 is 0 Å². The first-order valence-corrected chi connectivity index (χ1v) is 5.04. The molecule has 1 amide bonds. The van der Waals surface area contributed by atoms with Crippen LogP contribution in [0.3, 0.4) is 0 Å². The second-order valence-electron chi connectivity index (χ2n) is 3.31. The lowest BCUT2D eigenvalue weighted by Crippen LogP contribution is -2.21. The number of carbonyl (C=O) groups is 1. The van der Waals surface area contributed by atoms with Crippen LogP contribution in [0, 0.1) is 11.3 Å². The van der Waals surface area contributed by atoms with E-state index in [2.05, 4.69) is 9.99 Å². The fourth-order valence-electron chi connectivity index (χ4n) is 0.912. The van der Waals surface area contributed by atoms with Gasteiger partial charge in [0.25, 0.3) is 0 Å². The van der Waals surface area contributed by atoms with Gasteiger partial charge in [0.1, 0.15) is 6.07 Å². The molecule has 1 aromatic carbocycles. The van der Waals surface area contributed by atoms with Gasteiger partial charge in [0.2, 0.25) is 0 Å². The van der Waals surface area contributed by atoms with Crippen molar-refractivity contribution in [2.24, 2.45) is 5.16 Å². The summed E-state index contributed by atoms with van der Waals surface area (Å²) in [4.78, 5) is 16.9. The molecular formula is C11H10ClN3O2. The van der Waals surface area contributed by atoms with Crippen molar-refractivity contribution >= 4 is 23.4 Å². The van der Waals surface area contributed by atoms with E-state index < -0.39 is 6.09 Å². The van der Waals surface area contributed by atoms with Crippen LogP contribution in [-0.2, 0) is 4.84 Å². The molecule has 1 rings (SSSR count). The van der Waals surface area contributed by atoms with E-state index in [1.807, 2.05) is 6.07 Å². The Morgan fingerprint density at radius 2 is 2.00 bits per heavy atom. The second-order valence-corrected chi connectivity index (χ2v) is 3.75. The van der Waals surface area contributed by atoms with Gasteiger partial charge in [-0.25, -0.2) is 4.79 Å². The summed E-state index contributed by atoms with van der Waals surface area (Å²) in [7, 11) is 3.04. The normalized spacial score (nSPS) is 10.6. The third-order valence-electron chi connectivity index (χ3n) is 1.80. The molecule has 0 heterocycles. The Morgan fingerprint density at radius 3 is 2.47 bits per heavy atom. The average Bonchev–Trinajstić information content (AvgIpc) is 2.31. The summed E-state index contributed by atoms with van der Waals surface area (Å²) in [5, 5.41) is 12.9. The van der Waals surface area contributed by atoms with Crippen molar-refractivity contribution in [3.05, 3.63) is 34.9 Å². The SMILES string of the molecule is CN(C)C(=O)ON=C(C#N)c1ccc(Cl)cc1. The molecule has 0 fully saturated rings. The van der Waals surface area contributed by atoms with Crippen LogP contribution in [0.4, 0.5) is 4.79 Å². The Balaban J connectivity index is 2.86. The van der Waals surface area contributed by atoms with Crippen LogP contribution in [0.5, 0.6) is 0 Å². The zero-order valence-electron chi connectivity index (χ0n) is 9.35. The summed E-state index contributed by atoms with van der Waals surface area (Å²) in [5.41, 5.74) is 0.542. The van der Waals surface area contributed by atoms with Crippen LogP contribution in [0.15, 0.2) is 29.4 Å². The fourth-order valence-corrected chi connectivity index (χ4v) is 1.04. The molecule has 0 bridgehead atoms. The van der Waals surface area contributed by atoms with Gasteiger partial charge in [-0.15, -0.1) is 0 Å². The molecule has 88 valence electrons. The van der Waals surface area contributed by atoms with Gasteiger partial charge >= 0.3 is 6.09 Å². The number of halogens is 1. The van der Waals surface area contributed by atoms with Crippen molar-refractivity contribution < 1.29 is 9.63 Å². The minimum atomic E-state index is -0.647. The van der Waals surface area contributed by atoms with E-state index in [0.717, 1.165) is 0 Å². The number of nitriles is 1. The van der Waals surface area contributed by atoms with Gasteiger partial charge < -0.3 is 4.90 Å². The molecule has 0 aromatic heterocycles. The summed E-state index contributed by atoms with van der Waals surface area (Å²) in [5.74, 6) is 0. The van der Waals surface area contributed by atoms with E-state index >= 15 is 0 Å². The zero-order valence-corrected chi connectivity index (χ0v) is 10.1. The van der Waals surface area contributed by atoms with Crippen molar-refractivity contribution in [2.75, 3.05) is 14.1 Å². The highest BCUT2D eigenvalue weighted by Crippen LogP contribution is 2.10. The van der Waals surface area contributed by atoms with Crippen LogP contribution in [0.1, 0.15) is 5.56 Å². The van der Waals surface area contributed by atoms with Gasteiger partial charge in [-0.2, -0.15) is 5.26 Å². The maximum atomic E-state index is 11.1. The van der Waals surface area contributed by atoms with E-state index in [-0.39, 0.29) is 5.71 Å². The van der Waals surface area contributed by atoms with E-state index in [1.165, 1.54) is 19.0 Å². The summed E-state index contributed by atoms with van der Waals surface area (Å²) >= 11 is 5.71. The molecule has 17 heavy (non-hydrogen) atoms. The predicted octanol–water partition coefficient (Wildman–Crippen LogP) is 2.27. The minimum Gasteiger partial charge on any atom is -0.312 e. The van der Waals surface area contributed by atoms with Gasteiger partial charge in [0, 0.05) is 24.7 Å². The molecular weight excluding hydrogens is 242 g/mol. The van der Waals surface area contributed by atoms with Gasteiger partial charge in [0.05, 0.1) is 0 Å². The molecule has 0 unspecified atom stereocenters. The molecule has 0 radical (unpaired) electrons. The van der Waals surface area contributed by atoms with Crippen molar-refractivity contribution in [3.8, 4) is 6.07 Å². The molecule has 5 nitrogen and oxygen atoms in total. The Bertz CT molecular complexity index is 474. The smallest absolute Gasteiger partial charge is 0.312 e. The third-order valence-corrected chi connectivity index (χ3v) is 2.06.